The Kier molecular flexibility index (Phi) is 3.99. The summed E-state index contributed by atoms with van der Waals surface area (Å²) in [6.45, 7) is 2.67. The van der Waals surface area contributed by atoms with Gasteiger partial charge in [0.25, 0.3) is 0 Å². The third-order valence-corrected chi connectivity index (χ3v) is 3.70. The normalized spacial score (nSPS) is 10.6. The Morgan fingerprint density at radius 3 is 2.48 bits per heavy atom. The first kappa shape index (κ1) is 16.3. The van der Waals surface area contributed by atoms with Crippen LogP contribution >= 0.6 is 0 Å². The standard InChI is InChI=1S/C17H13N5O3/c1-9(23)16-14-4-11(13-6-19-10(2)20-7-13)3-12(5-18)17(14)22(21-16)8-15(24)25/h3-4,6-7H,8H2,1-2H3,(H,24,25). The monoisotopic (exact) mass is 335 g/mol. The maximum atomic E-state index is 11.9. The summed E-state index contributed by atoms with van der Waals surface area (Å²) < 4.78 is 1.17. The Bertz CT molecular complexity index is 1040. The molecule has 3 aromatic rings. The third-order valence-electron chi connectivity index (χ3n) is 3.70. The number of rotatable bonds is 4. The average Bonchev–Trinajstić information content (AvgIpc) is 2.93. The Morgan fingerprint density at radius 2 is 1.92 bits per heavy atom. The number of aryl methyl sites for hydroxylation is 1. The number of hydrogen-bond donors (Lipinski definition) is 1. The van der Waals surface area contributed by atoms with Gasteiger partial charge < -0.3 is 5.11 Å². The second-order valence-corrected chi connectivity index (χ2v) is 5.51. The highest BCUT2D eigenvalue weighted by atomic mass is 16.4. The van der Waals surface area contributed by atoms with Gasteiger partial charge in [-0.1, -0.05) is 0 Å². The minimum Gasteiger partial charge on any atom is -0.480 e. The van der Waals surface area contributed by atoms with Crippen LogP contribution in [0.3, 0.4) is 0 Å². The van der Waals surface area contributed by atoms with Crippen LogP contribution in [0.5, 0.6) is 0 Å². The Morgan fingerprint density at radius 1 is 1.24 bits per heavy atom. The number of ketones is 1. The summed E-state index contributed by atoms with van der Waals surface area (Å²) in [5, 5.41) is 23.1. The van der Waals surface area contributed by atoms with Crippen LogP contribution in [0.2, 0.25) is 0 Å². The Hall–Kier alpha value is -3.60. The van der Waals surface area contributed by atoms with E-state index in [2.05, 4.69) is 21.1 Å². The number of aliphatic carboxylic acids is 1. The molecule has 1 aromatic carbocycles. The molecule has 2 aromatic heterocycles. The second-order valence-electron chi connectivity index (χ2n) is 5.51. The van der Waals surface area contributed by atoms with Crippen molar-refractivity contribution in [3.05, 3.63) is 41.6 Å². The van der Waals surface area contributed by atoms with Crippen LogP contribution in [0.25, 0.3) is 22.0 Å². The number of carbonyl (C=O) groups is 2. The summed E-state index contributed by atoms with van der Waals surface area (Å²) in [5.74, 6) is -0.807. The van der Waals surface area contributed by atoms with E-state index in [1.807, 2.05) is 0 Å². The van der Waals surface area contributed by atoms with Gasteiger partial charge in [-0.15, -0.1) is 0 Å². The molecule has 0 atom stereocenters. The van der Waals surface area contributed by atoms with Gasteiger partial charge in [0.15, 0.2) is 5.78 Å². The molecule has 124 valence electrons. The quantitative estimate of drug-likeness (QED) is 0.723. The van der Waals surface area contributed by atoms with E-state index in [0.717, 1.165) is 0 Å². The number of carboxylic acid groups (broad SMARTS) is 1. The predicted octanol–water partition coefficient (Wildman–Crippen LogP) is 1.96. The van der Waals surface area contributed by atoms with Crippen molar-refractivity contribution in [2.24, 2.45) is 0 Å². The van der Waals surface area contributed by atoms with Crippen LogP contribution in [0.1, 0.15) is 28.8 Å². The van der Waals surface area contributed by atoms with Crippen molar-refractivity contribution in [1.82, 2.24) is 19.7 Å². The fourth-order valence-electron chi connectivity index (χ4n) is 2.61. The van der Waals surface area contributed by atoms with Crippen LogP contribution < -0.4 is 0 Å². The number of fused-ring (bicyclic) bond motifs is 1. The molecule has 0 aliphatic rings. The van der Waals surface area contributed by atoms with Gasteiger partial charge in [-0.2, -0.15) is 10.4 Å². The van der Waals surface area contributed by atoms with Gasteiger partial charge in [0.1, 0.15) is 24.1 Å². The number of nitrogens with zero attached hydrogens (tertiary/aromatic N) is 5. The van der Waals surface area contributed by atoms with Crippen molar-refractivity contribution in [3.63, 3.8) is 0 Å². The molecule has 0 fully saturated rings. The van der Waals surface area contributed by atoms with Crippen LogP contribution in [0.4, 0.5) is 0 Å². The van der Waals surface area contributed by atoms with Gasteiger partial charge in [-0.3, -0.25) is 14.3 Å². The largest absolute Gasteiger partial charge is 0.480 e. The molecular formula is C17H13N5O3. The molecule has 1 N–H and O–H groups in total. The fraction of sp³-hybridized carbons (Fsp3) is 0.176. The maximum Gasteiger partial charge on any atom is 0.325 e. The molecule has 8 heteroatoms. The van der Waals surface area contributed by atoms with Crippen molar-refractivity contribution < 1.29 is 14.7 Å². The first-order valence-electron chi connectivity index (χ1n) is 7.37. The van der Waals surface area contributed by atoms with Gasteiger partial charge >= 0.3 is 5.97 Å². The number of carbonyl (C=O) groups excluding carboxylic acids is 1. The highest BCUT2D eigenvalue weighted by Gasteiger charge is 2.20. The number of hydrogen-bond acceptors (Lipinski definition) is 6. The van der Waals surface area contributed by atoms with Crippen LogP contribution in [0, 0.1) is 18.3 Å². The lowest BCUT2D eigenvalue weighted by Crippen LogP contribution is -2.11. The molecule has 0 spiro atoms. The average molecular weight is 335 g/mol. The molecule has 0 saturated heterocycles. The topological polar surface area (TPSA) is 122 Å². The molecule has 0 aliphatic carbocycles. The van der Waals surface area contributed by atoms with Crippen molar-refractivity contribution in [2.45, 2.75) is 20.4 Å². The molecule has 0 saturated carbocycles. The van der Waals surface area contributed by atoms with Gasteiger partial charge in [-0.25, -0.2) is 9.97 Å². The summed E-state index contributed by atoms with van der Waals surface area (Å²) in [7, 11) is 0. The highest BCUT2D eigenvalue weighted by molar-refractivity contribution is 6.07. The first-order chi connectivity index (χ1) is 11.9. The lowest BCUT2D eigenvalue weighted by atomic mass is 10.0. The smallest absolute Gasteiger partial charge is 0.325 e. The Labute approximate surface area is 142 Å². The van der Waals surface area contributed by atoms with Crippen LogP contribution in [-0.2, 0) is 11.3 Å². The highest BCUT2D eigenvalue weighted by Crippen LogP contribution is 2.29. The third kappa shape index (κ3) is 2.95. The van der Waals surface area contributed by atoms with E-state index < -0.39 is 12.5 Å². The van der Waals surface area contributed by atoms with E-state index in [9.17, 15) is 14.9 Å². The van der Waals surface area contributed by atoms with Crippen molar-refractivity contribution in [1.29, 1.82) is 5.26 Å². The first-order valence-corrected chi connectivity index (χ1v) is 7.37. The lowest BCUT2D eigenvalue weighted by molar-refractivity contribution is -0.137. The zero-order valence-electron chi connectivity index (χ0n) is 13.5. The molecule has 0 unspecified atom stereocenters. The van der Waals surface area contributed by atoms with E-state index in [0.29, 0.717) is 27.9 Å². The van der Waals surface area contributed by atoms with Gasteiger partial charge in [-0.05, 0) is 24.6 Å². The predicted molar refractivity (Wildman–Crippen MR) is 87.9 cm³/mol. The molecule has 8 nitrogen and oxygen atoms in total. The molecule has 0 bridgehead atoms. The second kappa shape index (κ2) is 6.13. The maximum absolute atomic E-state index is 11.9. The lowest BCUT2D eigenvalue weighted by Gasteiger charge is -2.05. The molecule has 0 radical (unpaired) electrons. The summed E-state index contributed by atoms with van der Waals surface area (Å²) >= 11 is 0. The molecule has 25 heavy (non-hydrogen) atoms. The SMILES string of the molecule is CC(=O)c1nn(CC(=O)O)c2c(C#N)cc(-c3cnc(C)nc3)cc12. The fourth-order valence-corrected chi connectivity index (χ4v) is 2.61. The summed E-state index contributed by atoms with van der Waals surface area (Å²) in [5.41, 5.74) is 2.02. The van der Waals surface area contributed by atoms with Crippen LogP contribution in [-0.4, -0.2) is 36.6 Å². The zero-order chi connectivity index (χ0) is 18.1. The summed E-state index contributed by atoms with van der Waals surface area (Å²) in [6, 6.07) is 5.36. The zero-order valence-corrected chi connectivity index (χ0v) is 13.5. The molecule has 2 heterocycles. The molecule has 3 rings (SSSR count). The number of aromatic nitrogens is 4. The van der Waals surface area contributed by atoms with Gasteiger partial charge in [0.2, 0.25) is 0 Å². The van der Waals surface area contributed by atoms with Gasteiger partial charge in [0, 0.05) is 30.3 Å². The molecule has 0 amide bonds. The van der Waals surface area contributed by atoms with E-state index in [4.69, 9.17) is 5.11 Å². The molecular weight excluding hydrogens is 322 g/mol. The van der Waals surface area contributed by atoms with E-state index in [1.54, 1.807) is 31.5 Å². The van der Waals surface area contributed by atoms with Crippen LogP contribution in [0.15, 0.2) is 24.5 Å². The van der Waals surface area contributed by atoms with Crippen molar-refractivity contribution in [2.75, 3.05) is 0 Å². The van der Waals surface area contributed by atoms with Crippen molar-refractivity contribution in [3.8, 4) is 17.2 Å². The minimum absolute atomic E-state index is 0.127. The number of carboxylic acids is 1. The Balaban J connectivity index is 2.32. The summed E-state index contributed by atoms with van der Waals surface area (Å²) in [4.78, 5) is 31.3. The van der Waals surface area contributed by atoms with E-state index in [1.165, 1.54) is 11.6 Å². The van der Waals surface area contributed by atoms with E-state index in [-0.39, 0.29) is 17.0 Å². The minimum atomic E-state index is -1.11. The molecule has 0 aliphatic heterocycles. The number of Topliss-reactive ketones (excluding diaryl/α,β-unsaturated/α-hetero) is 1. The number of nitriles is 1. The summed E-state index contributed by atoms with van der Waals surface area (Å²) in [6.07, 6.45) is 3.25. The van der Waals surface area contributed by atoms with Crippen molar-refractivity contribution >= 4 is 22.7 Å². The number of benzene rings is 1. The van der Waals surface area contributed by atoms with Gasteiger partial charge in [0.05, 0.1) is 11.1 Å². The van der Waals surface area contributed by atoms with E-state index >= 15 is 0 Å².